The molecule has 0 unspecified atom stereocenters. The summed E-state index contributed by atoms with van der Waals surface area (Å²) in [6.07, 6.45) is 0. The monoisotopic (exact) mass is 718 g/mol. The zero-order valence-corrected chi connectivity index (χ0v) is 32.6. The first kappa shape index (κ1) is 33.1. The molecule has 3 aliphatic heterocycles. The molecule has 3 heterocycles. The zero-order chi connectivity index (χ0) is 37.9. The molecule has 0 amide bonds. The van der Waals surface area contributed by atoms with Gasteiger partial charge < -0.3 is 9.71 Å². The third kappa shape index (κ3) is 4.76. The van der Waals surface area contributed by atoms with E-state index in [1.54, 1.807) is 0 Å². The molecule has 0 fully saturated rings. The van der Waals surface area contributed by atoms with E-state index in [-0.39, 0.29) is 17.7 Å². The van der Waals surface area contributed by atoms with Crippen LogP contribution >= 0.6 is 0 Å². The van der Waals surface area contributed by atoms with Crippen LogP contribution in [-0.2, 0) is 10.8 Å². The molecule has 56 heavy (non-hydrogen) atoms. The van der Waals surface area contributed by atoms with Gasteiger partial charge in [0.05, 0.1) is 5.69 Å². The smallest absolute Gasteiger partial charge is 0.333 e. The van der Waals surface area contributed by atoms with E-state index in [0.717, 1.165) is 0 Å². The van der Waals surface area contributed by atoms with Gasteiger partial charge >= 0.3 is 6.85 Å². The molecule has 2 nitrogen and oxygen atoms in total. The third-order valence-electron chi connectivity index (χ3n) is 12.7. The molecule has 3 heteroatoms. The topological polar surface area (TPSA) is 6.48 Å². The van der Waals surface area contributed by atoms with Crippen LogP contribution in [0.1, 0.15) is 51.3 Å². The van der Waals surface area contributed by atoms with E-state index in [9.17, 15) is 0 Å². The molecule has 11 rings (SSSR count). The summed E-state index contributed by atoms with van der Waals surface area (Å²) in [5.74, 6) is 0. The number of benzene rings is 8. The lowest BCUT2D eigenvalue weighted by Crippen LogP contribution is -2.62. The zero-order valence-electron chi connectivity index (χ0n) is 32.6. The summed E-state index contributed by atoms with van der Waals surface area (Å²) < 4.78 is 0. The van der Waals surface area contributed by atoms with Crippen molar-refractivity contribution in [3.63, 3.8) is 0 Å². The Bertz CT molecular complexity index is 2870. The van der Waals surface area contributed by atoms with Gasteiger partial charge in [-0.2, -0.15) is 0 Å². The molecule has 0 saturated carbocycles. The van der Waals surface area contributed by atoms with Crippen LogP contribution in [0.3, 0.4) is 0 Å². The van der Waals surface area contributed by atoms with Crippen molar-refractivity contribution in [1.82, 2.24) is 0 Å². The molecule has 0 aliphatic carbocycles. The van der Waals surface area contributed by atoms with Gasteiger partial charge in [-0.3, -0.25) is 0 Å². The van der Waals surface area contributed by atoms with E-state index < -0.39 is 0 Å². The van der Waals surface area contributed by atoms with E-state index in [1.807, 2.05) is 0 Å². The highest BCUT2D eigenvalue weighted by molar-refractivity contribution is 6.93. The SMILES string of the molecule is CC(C)(C)c1cc2c3c(c1)N1c4cc5ccccc5cc4C(C)(C)c4cccc(c41)B3N(c1ccc(-c3ccccc3)cc1)c1cc(-c3ccccc3)ccc1-2. The molecule has 0 N–H and O–H groups in total. The molecule has 0 saturated heterocycles. The van der Waals surface area contributed by atoms with Crippen molar-refractivity contribution in [3.8, 4) is 33.4 Å². The second-order valence-corrected chi connectivity index (χ2v) is 17.4. The Kier molecular flexibility index (Phi) is 6.99. The molecule has 8 aromatic rings. The molecule has 0 aromatic heterocycles. The fraction of sp³-hybridized carbons (Fsp3) is 0.132. The fourth-order valence-electron chi connectivity index (χ4n) is 9.80. The van der Waals surface area contributed by atoms with Crippen LogP contribution in [0.4, 0.5) is 28.4 Å². The maximum Gasteiger partial charge on any atom is 0.333 e. The van der Waals surface area contributed by atoms with Crippen LogP contribution < -0.4 is 20.6 Å². The summed E-state index contributed by atoms with van der Waals surface area (Å²) in [6.45, 7) is 11.9. The van der Waals surface area contributed by atoms with Crippen LogP contribution in [0.15, 0.2) is 170 Å². The van der Waals surface area contributed by atoms with Gasteiger partial charge in [0.25, 0.3) is 0 Å². The Morgan fingerprint density at radius 3 is 1.80 bits per heavy atom. The van der Waals surface area contributed by atoms with E-state index in [4.69, 9.17) is 0 Å². The van der Waals surface area contributed by atoms with E-state index in [0.29, 0.717) is 0 Å². The highest BCUT2D eigenvalue weighted by Crippen LogP contribution is 2.56. The molecule has 268 valence electrons. The molecular formula is C53H43BN2. The second kappa shape index (κ2) is 11.8. The molecule has 0 spiro atoms. The van der Waals surface area contributed by atoms with Crippen LogP contribution in [0.5, 0.6) is 0 Å². The van der Waals surface area contributed by atoms with Crippen LogP contribution in [0.2, 0.25) is 0 Å². The first-order valence-corrected chi connectivity index (χ1v) is 20.0. The van der Waals surface area contributed by atoms with Gasteiger partial charge in [0.2, 0.25) is 0 Å². The minimum absolute atomic E-state index is 0.0425. The first-order valence-electron chi connectivity index (χ1n) is 20.0. The van der Waals surface area contributed by atoms with Gasteiger partial charge in [0, 0.05) is 33.7 Å². The maximum absolute atomic E-state index is 2.65. The lowest BCUT2D eigenvalue weighted by atomic mass is 9.42. The van der Waals surface area contributed by atoms with Gasteiger partial charge in [-0.15, -0.1) is 0 Å². The molecule has 3 aliphatic rings. The summed E-state index contributed by atoms with van der Waals surface area (Å²) in [6, 6.07) is 63.8. The van der Waals surface area contributed by atoms with Gasteiger partial charge in [-0.25, -0.2) is 0 Å². The number of anilines is 5. The van der Waals surface area contributed by atoms with Crippen molar-refractivity contribution in [1.29, 1.82) is 0 Å². The maximum atomic E-state index is 2.65. The van der Waals surface area contributed by atoms with Crippen molar-refractivity contribution in [2.75, 3.05) is 9.71 Å². The van der Waals surface area contributed by atoms with Crippen molar-refractivity contribution >= 4 is 57.0 Å². The average Bonchev–Trinajstić information content (AvgIpc) is 3.23. The average molecular weight is 719 g/mol. The van der Waals surface area contributed by atoms with Gasteiger partial charge in [-0.1, -0.05) is 168 Å². The number of nitrogens with zero attached hydrogens (tertiary/aromatic N) is 2. The normalized spacial score (nSPS) is 14.6. The lowest BCUT2D eigenvalue weighted by molar-refractivity contribution is 0.590. The minimum atomic E-state index is -0.210. The molecule has 0 radical (unpaired) electrons. The molecule has 8 aromatic carbocycles. The summed E-state index contributed by atoms with van der Waals surface area (Å²) in [5.41, 5.74) is 20.3. The Labute approximate surface area is 330 Å². The number of hydrogen-bond acceptors (Lipinski definition) is 2. The van der Waals surface area contributed by atoms with E-state index in [2.05, 4.69) is 214 Å². The quantitative estimate of drug-likeness (QED) is 0.168. The molecule has 0 bridgehead atoms. The van der Waals surface area contributed by atoms with Gasteiger partial charge in [0.15, 0.2) is 0 Å². The number of rotatable bonds is 3. The highest BCUT2D eigenvalue weighted by atomic mass is 15.2. The van der Waals surface area contributed by atoms with Gasteiger partial charge in [-0.05, 0) is 108 Å². The van der Waals surface area contributed by atoms with E-state index in [1.165, 1.54) is 100 Å². The van der Waals surface area contributed by atoms with Crippen LogP contribution in [-0.4, -0.2) is 6.85 Å². The number of fused-ring (bicyclic) bond motifs is 7. The molecular weight excluding hydrogens is 675 g/mol. The summed E-state index contributed by atoms with van der Waals surface area (Å²) >= 11 is 0. The number of para-hydroxylation sites is 1. The predicted octanol–water partition coefficient (Wildman–Crippen LogP) is 12.8. The van der Waals surface area contributed by atoms with Crippen molar-refractivity contribution < 1.29 is 0 Å². The Morgan fingerprint density at radius 2 is 1.11 bits per heavy atom. The summed E-state index contributed by atoms with van der Waals surface area (Å²) in [5, 5.41) is 2.55. The Hall–Kier alpha value is -6.32. The first-order chi connectivity index (χ1) is 27.2. The van der Waals surface area contributed by atoms with Crippen molar-refractivity contribution in [2.45, 2.75) is 45.4 Å². The van der Waals surface area contributed by atoms with Gasteiger partial charge in [0.1, 0.15) is 0 Å². The Morgan fingerprint density at radius 1 is 0.482 bits per heavy atom. The number of hydrogen-bond donors (Lipinski definition) is 0. The summed E-state index contributed by atoms with van der Waals surface area (Å²) in [4.78, 5) is 5.29. The third-order valence-corrected chi connectivity index (χ3v) is 12.7. The lowest BCUT2D eigenvalue weighted by Gasteiger charge is -2.51. The summed E-state index contributed by atoms with van der Waals surface area (Å²) in [7, 11) is 0. The largest absolute Gasteiger partial charge is 0.376 e. The Balaban J connectivity index is 1.24. The minimum Gasteiger partial charge on any atom is -0.376 e. The fourth-order valence-corrected chi connectivity index (χ4v) is 9.80. The predicted molar refractivity (Wildman–Crippen MR) is 239 cm³/mol. The highest BCUT2D eigenvalue weighted by Gasteiger charge is 2.49. The van der Waals surface area contributed by atoms with E-state index >= 15 is 0 Å². The van der Waals surface area contributed by atoms with Crippen LogP contribution in [0, 0.1) is 0 Å². The van der Waals surface area contributed by atoms with Crippen molar-refractivity contribution in [3.05, 3.63) is 187 Å². The van der Waals surface area contributed by atoms with Crippen molar-refractivity contribution in [2.24, 2.45) is 0 Å². The standard InChI is InChI=1S/C53H43BN2/c1-52(2,3)40-32-43-42-28-25-39(35-17-10-7-11-18-35)30-47(42)56(41-26-23-36(24-27-41)34-15-8-6-9-16-34)54-46-22-14-21-44-51(46)55(49(33-40)50(43)54)48-31-38-20-13-12-19-37(38)29-45(48)53(44,4)5/h6-33H,1-5H3. The molecule has 0 atom stereocenters. The second-order valence-electron chi connectivity index (χ2n) is 17.4. The van der Waals surface area contributed by atoms with Crippen LogP contribution in [0.25, 0.3) is 44.2 Å².